The number of halogens is 2. The van der Waals surface area contributed by atoms with Gasteiger partial charge < -0.3 is 5.32 Å². The molecule has 0 saturated carbocycles. The fraction of sp³-hybridized carbons (Fsp3) is 0.0625. The van der Waals surface area contributed by atoms with Gasteiger partial charge in [0.25, 0.3) is 0 Å². The fourth-order valence-corrected chi connectivity index (χ4v) is 3.29. The van der Waals surface area contributed by atoms with Gasteiger partial charge >= 0.3 is 0 Å². The number of nitrogens with zero attached hydrogens (tertiary/aromatic N) is 2. The number of carbonyl (C=O) groups is 1. The second kappa shape index (κ2) is 7.08. The molecule has 0 bridgehead atoms. The summed E-state index contributed by atoms with van der Waals surface area (Å²) in [5.41, 5.74) is 1.56. The first kappa shape index (κ1) is 15.9. The Morgan fingerprint density at radius 3 is 2.39 bits per heavy atom. The Bertz CT molecular complexity index is 816. The summed E-state index contributed by atoms with van der Waals surface area (Å²) in [5.74, 6) is -0.240. The maximum absolute atomic E-state index is 12.1. The molecule has 4 nitrogen and oxygen atoms in total. The first-order valence-electron chi connectivity index (χ1n) is 6.75. The van der Waals surface area contributed by atoms with Crippen molar-refractivity contribution in [2.45, 2.75) is 6.42 Å². The zero-order valence-corrected chi connectivity index (χ0v) is 14.1. The standard InChI is InChI=1S/C16H11Cl2N3OS/c17-12-7-4-8-13(18)11(12)9-14(22)19-16-21-20-15(23-16)10-5-2-1-3-6-10/h1-8H,9H2,(H,19,21,22). The van der Waals surface area contributed by atoms with Crippen LogP contribution in [0.4, 0.5) is 5.13 Å². The van der Waals surface area contributed by atoms with E-state index in [0.29, 0.717) is 20.7 Å². The molecule has 2 aromatic carbocycles. The van der Waals surface area contributed by atoms with Crippen molar-refractivity contribution in [3.05, 3.63) is 64.1 Å². The predicted molar refractivity (Wildman–Crippen MR) is 94.1 cm³/mol. The minimum absolute atomic E-state index is 0.0821. The van der Waals surface area contributed by atoms with Gasteiger partial charge in [-0.3, -0.25) is 4.79 Å². The van der Waals surface area contributed by atoms with Crippen molar-refractivity contribution in [3.8, 4) is 10.6 Å². The van der Waals surface area contributed by atoms with Crippen LogP contribution in [0.25, 0.3) is 10.6 Å². The summed E-state index contributed by atoms with van der Waals surface area (Å²) in [6.45, 7) is 0. The average Bonchev–Trinajstić information content (AvgIpc) is 3.00. The number of nitrogens with one attached hydrogen (secondary N) is 1. The molecule has 1 N–H and O–H groups in total. The van der Waals surface area contributed by atoms with E-state index in [1.807, 2.05) is 30.3 Å². The van der Waals surface area contributed by atoms with E-state index in [4.69, 9.17) is 23.2 Å². The van der Waals surface area contributed by atoms with Crippen LogP contribution in [-0.4, -0.2) is 16.1 Å². The lowest BCUT2D eigenvalue weighted by Crippen LogP contribution is -2.14. The Morgan fingerprint density at radius 2 is 1.70 bits per heavy atom. The molecule has 1 heterocycles. The summed E-state index contributed by atoms with van der Waals surface area (Å²) in [6.07, 6.45) is 0.0821. The van der Waals surface area contributed by atoms with Gasteiger partial charge in [0.05, 0.1) is 6.42 Å². The Labute approximate surface area is 147 Å². The summed E-state index contributed by atoms with van der Waals surface area (Å²) < 4.78 is 0. The van der Waals surface area contributed by atoms with E-state index in [0.717, 1.165) is 10.6 Å². The number of hydrogen-bond donors (Lipinski definition) is 1. The third-order valence-corrected chi connectivity index (χ3v) is 4.69. The van der Waals surface area contributed by atoms with E-state index in [-0.39, 0.29) is 12.3 Å². The molecular weight excluding hydrogens is 353 g/mol. The van der Waals surface area contributed by atoms with Crippen LogP contribution in [0.5, 0.6) is 0 Å². The summed E-state index contributed by atoms with van der Waals surface area (Å²) in [7, 11) is 0. The molecule has 116 valence electrons. The number of rotatable bonds is 4. The van der Waals surface area contributed by atoms with E-state index in [1.165, 1.54) is 11.3 Å². The highest BCUT2D eigenvalue weighted by Gasteiger charge is 2.13. The Kier molecular flexibility index (Phi) is 4.91. The molecule has 0 radical (unpaired) electrons. The zero-order valence-electron chi connectivity index (χ0n) is 11.8. The van der Waals surface area contributed by atoms with Crippen LogP contribution in [0.15, 0.2) is 48.5 Å². The average molecular weight is 364 g/mol. The van der Waals surface area contributed by atoms with Gasteiger partial charge in [0.15, 0.2) is 0 Å². The first-order chi connectivity index (χ1) is 11.1. The van der Waals surface area contributed by atoms with E-state index < -0.39 is 0 Å². The van der Waals surface area contributed by atoms with E-state index in [9.17, 15) is 4.79 Å². The Hall–Kier alpha value is -1.95. The molecule has 0 aliphatic heterocycles. The smallest absolute Gasteiger partial charge is 0.230 e. The lowest BCUT2D eigenvalue weighted by Gasteiger charge is -2.06. The number of anilines is 1. The van der Waals surface area contributed by atoms with Crippen molar-refractivity contribution in [1.29, 1.82) is 0 Å². The normalized spacial score (nSPS) is 10.5. The third kappa shape index (κ3) is 3.88. The van der Waals surface area contributed by atoms with Gasteiger partial charge in [-0.1, -0.05) is 70.9 Å². The Morgan fingerprint density at radius 1 is 1.00 bits per heavy atom. The van der Waals surface area contributed by atoms with E-state index >= 15 is 0 Å². The third-order valence-electron chi connectivity index (χ3n) is 3.09. The topological polar surface area (TPSA) is 54.9 Å². The van der Waals surface area contributed by atoms with Crippen LogP contribution in [0.1, 0.15) is 5.56 Å². The van der Waals surface area contributed by atoms with Crippen LogP contribution in [0, 0.1) is 0 Å². The highest BCUT2D eigenvalue weighted by atomic mass is 35.5. The quantitative estimate of drug-likeness (QED) is 0.731. The second-order valence-corrected chi connectivity index (χ2v) is 6.50. The van der Waals surface area contributed by atoms with Gasteiger partial charge in [-0.05, 0) is 17.7 Å². The first-order valence-corrected chi connectivity index (χ1v) is 8.32. The van der Waals surface area contributed by atoms with Gasteiger partial charge in [0, 0.05) is 15.6 Å². The van der Waals surface area contributed by atoms with E-state index in [1.54, 1.807) is 18.2 Å². The minimum atomic E-state index is -0.240. The molecule has 0 aliphatic carbocycles. The monoisotopic (exact) mass is 363 g/mol. The lowest BCUT2D eigenvalue weighted by atomic mass is 10.1. The highest BCUT2D eigenvalue weighted by molar-refractivity contribution is 7.18. The Balaban J connectivity index is 1.70. The van der Waals surface area contributed by atoms with Gasteiger partial charge in [-0.25, -0.2) is 0 Å². The van der Waals surface area contributed by atoms with Crippen molar-refractivity contribution in [3.63, 3.8) is 0 Å². The van der Waals surface area contributed by atoms with Crippen molar-refractivity contribution in [1.82, 2.24) is 10.2 Å². The van der Waals surface area contributed by atoms with Crippen molar-refractivity contribution >= 4 is 45.6 Å². The van der Waals surface area contributed by atoms with E-state index in [2.05, 4.69) is 15.5 Å². The summed E-state index contributed by atoms with van der Waals surface area (Å²) in [5, 5.41) is 12.9. The zero-order chi connectivity index (χ0) is 16.2. The molecule has 0 aliphatic rings. The molecule has 1 aromatic heterocycles. The van der Waals surface area contributed by atoms with Gasteiger partial charge in [0.1, 0.15) is 5.01 Å². The van der Waals surface area contributed by atoms with Crippen molar-refractivity contribution in [2.75, 3.05) is 5.32 Å². The van der Waals surface area contributed by atoms with Crippen LogP contribution in [0.2, 0.25) is 10.0 Å². The molecule has 3 aromatic rings. The largest absolute Gasteiger partial charge is 0.300 e. The van der Waals surface area contributed by atoms with Crippen molar-refractivity contribution < 1.29 is 4.79 Å². The SMILES string of the molecule is O=C(Cc1c(Cl)cccc1Cl)Nc1nnc(-c2ccccc2)s1. The van der Waals surface area contributed by atoms with Gasteiger partial charge in [-0.15, -0.1) is 10.2 Å². The summed E-state index contributed by atoms with van der Waals surface area (Å²) in [6, 6.07) is 14.8. The molecule has 3 rings (SSSR count). The van der Waals surface area contributed by atoms with Crippen molar-refractivity contribution in [2.24, 2.45) is 0 Å². The van der Waals surface area contributed by atoms with Crippen LogP contribution in [-0.2, 0) is 11.2 Å². The van der Waals surface area contributed by atoms with Gasteiger partial charge in [0.2, 0.25) is 11.0 Å². The molecule has 1 amide bonds. The molecule has 0 unspecified atom stereocenters. The van der Waals surface area contributed by atoms with Gasteiger partial charge in [-0.2, -0.15) is 0 Å². The number of benzene rings is 2. The molecule has 23 heavy (non-hydrogen) atoms. The molecular formula is C16H11Cl2N3OS. The summed E-state index contributed by atoms with van der Waals surface area (Å²) in [4.78, 5) is 12.1. The number of aromatic nitrogens is 2. The highest BCUT2D eigenvalue weighted by Crippen LogP contribution is 2.27. The summed E-state index contributed by atoms with van der Waals surface area (Å²) >= 11 is 13.5. The number of hydrogen-bond acceptors (Lipinski definition) is 4. The molecule has 7 heteroatoms. The molecule has 0 fully saturated rings. The second-order valence-electron chi connectivity index (χ2n) is 4.70. The molecule has 0 saturated heterocycles. The number of amides is 1. The van der Waals surface area contributed by atoms with Crippen LogP contribution in [0.3, 0.4) is 0 Å². The lowest BCUT2D eigenvalue weighted by molar-refractivity contribution is -0.115. The maximum atomic E-state index is 12.1. The fourth-order valence-electron chi connectivity index (χ4n) is 2.00. The number of carbonyl (C=O) groups excluding carboxylic acids is 1. The predicted octanol–water partition coefficient (Wildman–Crippen LogP) is 4.69. The minimum Gasteiger partial charge on any atom is -0.300 e. The van der Waals surface area contributed by atoms with Crippen LogP contribution >= 0.6 is 34.5 Å². The van der Waals surface area contributed by atoms with Crippen LogP contribution < -0.4 is 5.32 Å². The molecule has 0 atom stereocenters. The maximum Gasteiger partial charge on any atom is 0.230 e. The molecule has 0 spiro atoms.